The van der Waals surface area contributed by atoms with Crippen molar-refractivity contribution in [3.05, 3.63) is 28.1 Å². The number of carbonyl (C=O) groups excluding carboxylic acids is 2. The first-order valence-corrected chi connectivity index (χ1v) is 6.94. The highest BCUT2D eigenvalue weighted by Gasteiger charge is 2.41. The van der Waals surface area contributed by atoms with Gasteiger partial charge in [0.25, 0.3) is 5.69 Å². The van der Waals surface area contributed by atoms with Gasteiger partial charge in [-0.3, -0.25) is 24.6 Å². The molecular weight excluding hydrogens is 276 g/mol. The number of nitro groups is 1. The molecule has 1 aromatic heterocycles. The molecule has 2 aliphatic rings. The fourth-order valence-corrected chi connectivity index (χ4v) is 3.16. The number of Topliss-reactive ketones (excluding diaryl/α,β-unsaturated/α-hetero) is 1. The highest BCUT2D eigenvalue weighted by atomic mass is 16.6. The molecule has 2 saturated heterocycles. The molecule has 0 bridgehead atoms. The van der Waals surface area contributed by atoms with Crippen LogP contribution in [-0.4, -0.2) is 52.2 Å². The van der Waals surface area contributed by atoms with E-state index in [-0.39, 0.29) is 41.6 Å². The number of amides is 1. The molecule has 0 saturated carbocycles. The number of ketones is 1. The Morgan fingerprint density at radius 1 is 1.52 bits per heavy atom. The van der Waals surface area contributed by atoms with Crippen molar-refractivity contribution >= 4 is 17.4 Å². The van der Waals surface area contributed by atoms with Crippen LogP contribution in [0.15, 0.2) is 12.3 Å². The molecule has 0 aliphatic carbocycles. The maximum atomic E-state index is 12.2. The third-order valence-electron chi connectivity index (χ3n) is 4.24. The topological polar surface area (TPSA) is 108 Å². The first-order chi connectivity index (χ1) is 10.1. The number of hydrogen-bond acceptors (Lipinski definition) is 5. The molecule has 0 spiro atoms. The van der Waals surface area contributed by atoms with Crippen LogP contribution in [0.2, 0.25) is 0 Å². The summed E-state index contributed by atoms with van der Waals surface area (Å²) in [6.07, 6.45) is 2.95. The molecule has 0 aromatic carbocycles. The Morgan fingerprint density at radius 3 is 3.05 bits per heavy atom. The highest BCUT2D eigenvalue weighted by Crippen LogP contribution is 2.27. The normalized spacial score (nSPS) is 25.4. The molecule has 112 valence electrons. The number of carbonyl (C=O) groups is 2. The van der Waals surface area contributed by atoms with Crippen LogP contribution < -0.4 is 5.32 Å². The monoisotopic (exact) mass is 292 g/mol. The van der Waals surface area contributed by atoms with Crippen molar-refractivity contribution < 1.29 is 14.5 Å². The molecule has 1 aromatic rings. The molecule has 8 heteroatoms. The van der Waals surface area contributed by atoms with Gasteiger partial charge in [-0.1, -0.05) is 0 Å². The summed E-state index contributed by atoms with van der Waals surface area (Å²) >= 11 is 0. The number of hydrogen-bond donors (Lipinski definition) is 2. The standard InChI is InChI=1S/C13H16N4O4/c18-12(10-4-8(5-14-10)17(20)21)7-16-3-1-2-9-11(16)6-15-13(9)19/h4-5,9,11,14H,1-3,6-7H2,(H,15,19). The molecular formula is C13H16N4O4. The average Bonchev–Trinajstić information content (AvgIpc) is 3.07. The zero-order valence-corrected chi connectivity index (χ0v) is 11.4. The number of nitrogens with one attached hydrogen (secondary N) is 2. The van der Waals surface area contributed by atoms with Gasteiger partial charge in [0, 0.05) is 18.7 Å². The fourth-order valence-electron chi connectivity index (χ4n) is 3.16. The van der Waals surface area contributed by atoms with E-state index in [0.29, 0.717) is 6.54 Å². The molecule has 3 heterocycles. The van der Waals surface area contributed by atoms with Gasteiger partial charge in [0.2, 0.25) is 5.91 Å². The van der Waals surface area contributed by atoms with Crippen molar-refractivity contribution in [3.63, 3.8) is 0 Å². The van der Waals surface area contributed by atoms with Gasteiger partial charge in [0.15, 0.2) is 5.78 Å². The second-order valence-corrected chi connectivity index (χ2v) is 5.48. The zero-order valence-electron chi connectivity index (χ0n) is 11.4. The minimum atomic E-state index is -0.538. The van der Waals surface area contributed by atoms with E-state index in [0.717, 1.165) is 19.4 Å². The minimum Gasteiger partial charge on any atom is -0.354 e. The Balaban J connectivity index is 1.69. The molecule has 0 radical (unpaired) electrons. The highest BCUT2D eigenvalue weighted by molar-refractivity contribution is 5.96. The molecule has 2 N–H and O–H groups in total. The Morgan fingerprint density at radius 2 is 2.33 bits per heavy atom. The Hall–Kier alpha value is -2.22. The van der Waals surface area contributed by atoms with Crippen LogP contribution in [0.25, 0.3) is 0 Å². The predicted octanol–water partition coefficient (Wildman–Crippen LogP) is 0.316. The van der Waals surface area contributed by atoms with Crippen LogP contribution in [0.4, 0.5) is 5.69 Å². The van der Waals surface area contributed by atoms with E-state index >= 15 is 0 Å². The largest absolute Gasteiger partial charge is 0.354 e. The fraction of sp³-hybridized carbons (Fsp3) is 0.538. The van der Waals surface area contributed by atoms with Crippen LogP contribution in [-0.2, 0) is 4.79 Å². The first-order valence-electron chi connectivity index (χ1n) is 6.94. The van der Waals surface area contributed by atoms with E-state index in [9.17, 15) is 19.7 Å². The first kappa shape index (κ1) is 13.7. The number of fused-ring (bicyclic) bond motifs is 1. The lowest BCUT2D eigenvalue weighted by molar-refractivity contribution is -0.384. The number of nitrogens with zero attached hydrogens (tertiary/aromatic N) is 2. The summed E-state index contributed by atoms with van der Waals surface area (Å²) in [5.41, 5.74) is 0.119. The summed E-state index contributed by atoms with van der Waals surface area (Å²) in [5, 5.41) is 13.5. The number of aromatic nitrogens is 1. The lowest BCUT2D eigenvalue weighted by Crippen LogP contribution is -2.47. The Bertz CT molecular complexity index is 597. The second-order valence-electron chi connectivity index (χ2n) is 5.48. The van der Waals surface area contributed by atoms with Gasteiger partial charge < -0.3 is 10.3 Å². The molecule has 1 amide bonds. The number of likely N-dealkylation sites (tertiary alicyclic amines) is 1. The van der Waals surface area contributed by atoms with Gasteiger partial charge in [-0.05, 0) is 19.4 Å². The van der Waals surface area contributed by atoms with Crippen LogP contribution in [0.1, 0.15) is 23.3 Å². The summed E-state index contributed by atoms with van der Waals surface area (Å²) in [4.78, 5) is 38.6. The van der Waals surface area contributed by atoms with Crippen LogP contribution in [0.5, 0.6) is 0 Å². The number of H-pyrrole nitrogens is 1. The quantitative estimate of drug-likeness (QED) is 0.472. The maximum absolute atomic E-state index is 12.2. The summed E-state index contributed by atoms with van der Waals surface area (Å²) in [6, 6.07) is 1.31. The minimum absolute atomic E-state index is 0.0375. The van der Waals surface area contributed by atoms with E-state index in [1.807, 2.05) is 4.90 Å². The van der Waals surface area contributed by atoms with E-state index in [1.54, 1.807) is 0 Å². The maximum Gasteiger partial charge on any atom is 0.287 e. The van der Waals surface area contributed by atoms with Crippen molar-refractivity contribution in [2.24, 2.45) is 5.92 Å². The number of rotatable bonds is 4. The van der Waals surface area contributed by atoms with Gasteiger partial charge in [0.1, 0.15) is 0 Å². The number of piperidine rings is 1. The molecule has 2 aliphatic heterocycles. The van der Waals surface area contributed by atoms with Gasteiger partial charge in [-0.15, -0.1) is 0 Å². The molecule has 21 heavy (non-hydrogen) atoms. The smallest absolute Gasteiger partial charge is 0.287 e. The lowest BCUT2D eigenvalue weighted by Gasteiger charge is -2.35. The third kappa shape index (κ3) is 2.54. The van der Waals surface area contributed by atoms with E-state index < -0.39 is 4.92 Å². The molecule has 2 unspecified atom stereocenters. The van der Waals surface area contributed by atoms with E-state index in [1.165, 1.54) is 12.3 Å². The average molecular weight is 292 g/mol. The van der Waals surface area contributed by atoms with Crippen molar-refractivity contribution in [2.75, 3.05) is 19.6 Å². The van der Waals surface area contributed by atoms with Crippen molar-refractivity contribution in [3.8, 4) is 0 Å². The SMILES string of the molecule is O=C(CN1CCCC2C(=O)NCC21)c1cc([N+](=O)[O-])c[nH]1. The molecule has 2 fully saturated rings. The number of aromatic amines is 1. The van der Waals surface area contributed by atoms with Crippen molar-refractivity contribution in [2.45, 2.75) is 18.9 Å². The van der Waals surface area contributed by atoms with Gasteiger partial charge in [-0.2, -0.15) is 0 Å². The van der Waals surface area contributed by atoms with Crippen molar-refractivity contribution in [1.82, 2.24) is 15.2 Å². The van der Waals surface area contributed by atoms with Crippen molar-refractivity contribution in [1.29, 1.82) is 0 Å². The van der Waals surface area contributed by atoms with Crippen LogP contribution >= 0.6 is 0 Å². The van der Waals surface area contributed by atoms with Crippen LogP contribution in [0.3, 0.4) is 0 Å². The zero-order chi connectivity index (χ0) is 15.0. The molecule has 3 rings (SSSR count). The van der Waals surface area contributed by atoms with E-state index in [4.69, 9.17) is 0 Å². The Labute approximate surface area is 120 Å². The van der Waals surface area contributed by atoms with Gasteiger partial charge in [-0.25, -0.2) is 0 Å². The summed E-state index contributed by atoms with van der Waals surface area (Å²) in [7, 11) is 0. The summed E-state index contributed by atoms with van der Waals surface area (Å²) < 4.78 is 0. The Kier molecular flexibility index (Phi) is 3.46. The predicted molar refractivity (Wildman–Crippen MR) is 72.9 cm³/mol. The van der Waals surface area contributed by atoms with E-state index in [2.05, 4.69) is 10.3 Å². The summed E-state index contributed by atoms with van der Waals surface area (Å²) in [6.45, 7) is 1.51. The van der Waals surface area contributed by atoms with Crippen LogP contribution in [0, 0.1) is 16.0 Å². The van der Waals surface area contributed by atoms with Gasteiger partial charge in [0.05, 0.1) is 29.3 Å². The molecule has 2 atom stereocenters. The third-order valence-corrected chi connectivity index (χ3v) is 4.24. The second kappa shape index (κ2) is 5.28. The molecule has 8 nitrogen and oxygen atoms in total. The summed E-state index contributed by atoms with van der Waals surface area (Å²) in [5.74, 6) is -0.166. The van der Waals surface area contributed by atoms with Gasteiger partial charge >= 0.3 is 0 Å². The lowest BCUT2D eigenvalue weighted by atomic mass is 9.91.